The molecule has 0 saturated carbocycles. The fourth-order valence-electron chi connectivity index (χ4n) is 1.43. The van der Waals surface area contributed by atoms with Crippen molar-refractivity contribution in [2.75, 3.05) is 5.32 Å². The van der Waals surface area contributed by atoms with Gasteiger partial charge in [-0.05, 0) is 40.8 Å². The van der Waals surface area contributed by atoms with Crippen LogP contribution >= 0.6 is 33.9 Å². The van der Waals surface area contributed by atoms with Gasteiger partial charge in [-0.3, -0.25) is 9.59 Å². The highest BCUT2D eigenvalue weighted by atomic mass is 127. The fourth-order valence-corrected chi connectivity index (χ4v) is 2.76. The van der Waals surface area contributed by atoms with Gasteiger partial charge in [-0.1, -0.05) is 12.1 Å². The third-order valence-electron chi connectivity index (χ3n) is 2.27. The molecule has 0 aliphatic rings. The zero-order valence-electron chi connectivity index (χ0n) is 9.14. The Morgan fingerprint density at radius 3 is 2.61 bits per heavy atom. The maximum Gasteiger partial charge on any atom is 0.256 e. The minimum absolute atomic E-state index is 0.247. The summed E-state index contributed by atoms with van der Waals surface area (Å²) in [4.78, 5) is 23.2. The van der Waals surface area contributed by atoms with Gasteiger partial charge >= 0.3 is 0 Å². The SMILES string of the molecule is NC(=O)c1ccccc1NC(=O)c1csc(I)c1. The zero-order chi connectivity index (χ0) is 13.1. The van der Waals surface area contributed by atoms with Gasteiger partial charge in [0.1, 0.15) is 0 Å². The highest BCUT2D eigenvalue weighted by Crippen LogP contribution is 2.19. The standard InChI is InChI=1S/C12H9IN2O2S/c13-10-5-7(6-18-10)12(17)15-9-4-2-1-3-8(9)11(14)16/h1-6H,(H2,14,16)(H,15,17). The second-order valence-electron chi connectivity index (χ2n) is 3.50. The number of benzene rings is 1. The van der Waals surface area contributed by atoms with Gasteiger partial charge in [0.25, 0.3) is 11.8 Å². The molecule has 4 nitrogen and oxygen atoms in total. The number of thiophene rings is 1. The molecule has 0 radical (unpaired) electrons. The summed E-state index contributed by atoms with van der Waals surface area (Å²) in [5.41, 5.74) is 6.55. The van der Waals surface area contributed by atoms with Crippen LogP contribution in [0.25, 0.3) is 0 Å². The number of carbonyl (C=O) groups excluding carboxylic acids is 2. The van der Waals surface area contributed by atoms with Crippen LogP contribution in [0, 0.1) is 2.88 Å². The molecular formula is C12H9IN2O2S. The van der Waals surface area contributed by atoms with E-state index in [4.69, 9.17) is 5.73 Å². The molecule has 92 valence electrons. The second kappa shape index (κ2) is 5.49. The molecule has 0 aliphatic heterocycles. The lowest BCUT2D eigenvalue weighted by molar-refractivity contribution is 0.100. The van der Waals surface area contributed by atoms with Crippen molar-refractivity contribution in [3.8, 4) is 0 Å². The van der Waals surface area contributed by atoms with Gasteiger partial charge in [-0.25, -0.2) is 0 Å². The van der Waals surface area contributed by atoms with Crippen molar-refractivity contribution >= 4 is 51.4 Å². The molecule has 2 aromatic rings. The monoisotopic (exact) mass is 372 g/mol. The lowest BCUT2D eigenvalue weighted by Crippen LogP contribution is -2.17. The Balaban J connectivity index is 2.24. The third-order valence-corrected chi connectivity index (χ3v) is 4.06. The highest BCUT2D eigenvalue weighted by Gasteiger charge is 2.12. The molecule has 1 aromatic heterocycles. The van der Waals surface area contributed by atoms with Gasteiger partial charge in [0, 0.05) is 5.38 Å². The number of amides is 2. The summed E-state index contributed by atoms with van der Waals surface area (Å²) in [6.45, 7) is 0. The van der Waals surface area contributed by atoms with E-state index in [0.29, 0.717) is 16.8 Å². The van der Waals surface area contributed by atoms with Crippen molar-refractivity contribution in [2.24, 2.45) is 5.73 Å². The quantitative estimate of drug-likeness (QED) is 0.814. The summed E-state index contributed by atoms with van der Waals surface area (Å²) < 4.78 is 1.03. The zero-order valence-corrected chi connectivity index (χ0v) is 12.1. The van der Waals surface area contributed by atoms with Crippen LogP contribution in [0.15, 0.2) is 35.7 Å². The second-order valence-corrected chi connectivity index (χ2v) is 6.31. The maximum atomic E-state index is 11.9. The molecule has 2 amide bonds. The van der Waals surface area contributed by atoms with Crippen molar-refractivity contribution in [3.05, 3.63) is 49.7 Å². The first-order valence-corrected chi connectivity index (χ1v) is 6.98. The number of primary amides is 1. The molecule has 0 spiro atoms. The van der Waals surface area contributed by atoms with E-state index >= 15 is 0 Å². The van der Waals surface area contributed by atoms with E-state index in [-0.39, 0.29) is 5.91 Å². The summed E-state index contributed by atoms with van der Waals surface area (Å²) in [6.07, 6.45) is 0. The highest BCUT2D eigenvalue weighted by molar-refractivity contribution is 14.1. The normalized spacial score (nSPS) is 10.1. The Hall–Kier alpha value is -1.41. The van der Waals surface area contributed by atoms with Gasteiger partial charge in [0.2, 0.25) is 0 Å². The van der Waals surface area contributed by atoms with E-state index in [2.05, 4.69) is 27.9 Å². The largest absolute Gasteiger partial charge is 0.366 e. The number of nitrogens with one attached hydrogen (secondary N) is 1. The average molecular weight is 372 g/mol. The Labute approximate surface area is 121 Å². The van der Waals surface area contributed by atoms with Crippen LogP contribution in [0.5, 0.6) is 0 Å². The van der Waals surface area contributed by atoms with Crippen LogP contribution in [0.2, 0.25) is 0 Å². The molecule has 0 unspecified atom stereocenters. The fraction of sp³-hybridized carbons (Fsp3) is 0. The molecule has 0 bridgehead atoms. The summed E-state index contributed by atoms with van der Waals surface area (Å²) in [5.74, 6) is -0.811. The Morgan fingerprint density at radius 2 is 2.00 bits per heavy atom. The van der Waals surface area contributed by atoms with Crippen molar-refractivity contribution in [2.45, 2.75) is 0 Å². The van der Waals surface area contributed by atoms with E-state index < -0.39 is 5.91 Å². The van der Waals surface area contributed by atoms with Crippen LogP contribution in [0.1, 0.15) is 20.7 Å². The number of hydrogen-bond acceptors (Lipinski definition) is 3. The number of hydrogen-bond donors (Lipinski definition) is 2. The number of rotatable bonds is 3. The van der Waals surface area contributed by atoms with Crippen molar-refractivity contribution in [1.29, 1.82) is 0 Å². The first kappa shape index (κ1) is 13.0. The minimum Gasteiger partial charge on any atom is -0.366 e. The molecule has 0 atom stereocenters. The van der Waals surface area contributed by atoms with Gasteiger partial charge in [-0.15, -0.1) is 11.3 Å². The van der Waals surface area contributed by atoms with Gasteiger partial charge in [0.15, 0.2) is 0 Å². The first-order chi connectivity index (χ1) is 8.58. The van der Waals surface area contributed by atoms with Crippen molar-refractivity contribution < 1.29 is 9.59 Å². The lowest BCUT2D eigenvalue weighted by Gasteiger charge is -2.07. The smallest absolute Gasteiger partial charge is 0.256 e. The predicted octanol–water partition coefficient (Wildman–Crippen LogP) is 2.70. The van der Waals surface area contributed by atoms with Crippen molar-refractivity contribution in [1.82, 2.24) is 0 Å². The Bertz CT molecular complexity index is 610. The van der Waals surface area contributed by atoms with E-state index in [0.717, 1.165) is 2.88 Å². The number of carbonyl (C=O) groups is 2. The molecule has 0 fully saturated rings. The first-order valence-electron chi connectivity index (χ1n) is 5.02. The average Bonchev–Trinajstić information content (AvgIpc) is 2.76. The predicted molar refractivity (Wildman–Crippen MR) is 79.9 cm³/mol. The third kappa shape index (κ3) is 2.88. The molecular weight excluding hydrogens is 363 g/mol. The topological polar surface area (TPSA) is 72.2 Å². The van der Waals surface area contributed by atoms with Gasteiger partial charge in [0.05, 0.1) is 19.7 Å². The van der Waals surface area contributed by atoms with Gasteiger partial charge < -0.3 is 11.1 Å². The number of nitrogens with two attached hydrogens (primary N) is 1. The molecule has 18 heavy (non-hydrogen) atoms. The molecule has 2 rings (SSSR count). The van der Waals surface area contributed by atoms with Crippen LogP contribution in [0.3, 0.4) is 0 Å². The molecule has 0 saturated heterocycles. The summed E-state index contributed by atoms with van der Waals surface area (Å²) in [7, 11) is 0. The van der Waals surface area contributed by atoms with E-state index in [1.165, 1.54) is 11.3 Å². The van der Waals surface area contributed by atoms with E-state index in [9.17, 15) is 9.59 Å². The molecule has 1 heterocycles. The molecule has 0 aliphatic carbocycles. The summed E-state index contributed by atoms with van der Waals surface area (Å²) >= 11 is 3.63. The summed E-state index contributed by atoms with van der Waals surface area (Å²) in [6, 6.07) is 8.45. The van der Waals surface area contributed by atoms with Crippen LogP contribution in [-0.4, -0.2) is 11.8 Å². The van der Waals surface area contributed by atoms with E-state index in [1.807, 2.05) is 0 Å². The van der Waals surface area contributed by atoms with Gasteiger partial charge in [-0.2, -0.15) is 0 Å². The number of para-hydroxylation sites is 1. The molecule has 3 N–H and O–H groups in total. The lowest BCUT2D eigenvalue weighted by atomic mass is 10.1. The summed E-state index contributed by atoms with van der Waals surface area (Å²) in [5, 5.41) is 4.45. The van der Waals surface area contributed by atoms with Crippen LogP contribution in [-0.2, 0) is 0 Å². The van der Waals surface area contributed by atoms with Crippen LogP contribution < -0.4 is 11.1 Å². The Kier molecular flexibility index (Phi) is 3.97. The van der Waals surface area contributed by atoms with Crippen molar-refractivity contribution in [3.63, 3.8) is 0 Å². The number of halogens is 1. The Morgan fingerprint density at radius 1 is 1.28 bits per heavy atom. The van der Waals surface area contributed by atoms with E-state index in [1.54, 1.807) is 35.7 Å². The molecule has 6 heteroatoms. The maximum absolute atomic E-state index is 11.9. The minimum atomic E-state index is -0.564. The molecule has 1 aromatic carbocycles. The number of anilines is 1. The van der Waals surface area contributed by atoms with Crippen LogP contribution in [0.4, 0.5) is 5.69 Å².